The van der Waals surface area contributed by atoms with Gasteiger partial charge >= 0.3 is 0 Å². The summed E-state index contributed by atoms with van der Waals surface area (Å²) in [5.74, 6) is -0.739. The zero-order valence-corrected chi connectivity index (χ0v) is 18.5. The van der Waals surface area contributed by atoms with Gasteiger partial charge in [-0.15, -0.1) is 0 Å². The summed E-state index contributed by atoms with van der Waals surface area (Å²) in [7, 11) is -3.66. The molecule has 3 aromatic rings. The van der Waals surface area contributed by atoms with Gasteiger partial charge in [0.25, 0.3) is 5.91 Å². The van der Waals surface area contributed by atoms with Gasteiger partial charge in [0.2, 0.25) is 10.0 Å². The van der Waals surface area contributed by atoms with Gasteiger partial charge in [0.15, 0.2) is 0 Å². The van der Waals surface area contributed by atoms with Crippen molar-refractivity contribution in [2.24, 2.45) is 0 Å². The first-order valence-corrected chi connectivity index (χ1v) is 11.7. The Hall–Kier alpha value is -3.19. The molecule has 7 heteroatoms. The van der Waals surface area contributed by atoms with Gasteiger partial charge < -0.3 is 5.32 Å². The highest BCUT2D eigenvalue weighted by molar-refractivity contribution is 7.92. The lowest BCUT2D eigenvalue weighted by atomic mass is 10.1. The first-order valence-electron chi connectivity index (χ1n) is 9.84. The molecule has 0 spiro atoms. The maximum atomic E-state index is 14.0. The van der Waals surface area contributed by atoms with Crippen LogP contribution in [0, 0.1) is 12.7 Å². The maximum absolute atomic E-state index is 14.0. The average molecular weight is 441 g/mol. The standard InChI is InChI=1S/C24H25FN2O3S/c1-17-8-10-19(11-9-17)18(2)26-24(28)20-12-14-22(15-13-20)27(31(3,29)30)16-21-6-4-5-7-23(21)25/h4-15,18H,16H2,1-3H3,(H,26,28)/t18-/m0/s1. The van der Waals surface area contributed by atoms with Crippen molar-refractivity contribution in [3.05, 3.63) is 101 Å². The second-order valence-corrected chi connectivity index (χ2v) is 9.42. The van der Waals surface area contributed by atoms with E-state index in [1.807, 2.05) is 38.1 Å². The Morgan fingerprint density at radius 3 is 2.19 bits per heavy atom. The van der Waals surface area contributed by atoms with Gasteiger partial charge in [-0.3, -0.25) is 9.10 Å². The van der Waals surface area contributed by atoms with Crippen molar-refractivity contribution >= 4 is 21.6 Å². The Kier molecular flexibility index (Phi) is 6.75. The van der Waals surface area contributed by atoms with Gasteiger partial charge in [0.1, 0.15) is 5.82 Å². The fraction of sp³-hybridized carbons (Fsp3) is 0.208. The van der Waals surface area contributed by atoms with Crippen LogP contribution in [0.5, 0.6) is 0 Å². The zero-order valence-electron chi connectivity index (χ0n) is 17.7. The number of benzene rings is 3. The summed E-state index contributed by atoms with van der Waals surface area (Å²) in [6, 6.07) is 20.0. The normalized spacial score (nSPS) is 12.3. The molecule has 0 aliphatic carbocycles. The summed E-state index contributed by atoms with van der Waals surface area (Å²) in [5, 5.41) is 2.94. The highest BCUT2D eigenvalue weighted by Gasteiger charge is 2.20. The maximum Gasteiger partial charge on any atom is 0.251 e. The summed E-state index contributed by atoms with van der Waals surface area (Å²) < 4.78 is 39.8. The smallest absolute Gasteiger partial charge is 0.251 e. The highest BCUT2D eigenvalue weighted by Crippen LogP contribution is 2.23. The van der Waals surface area contributed by atoms with E-state index in [0.717, 1.165) is 21.7 Å². The summed E-state index contributed by atoms with van der Waals surface area (Å²) in [5.41, 5.74) is 3.16. The average Bonchev–Trinajstić information content (AvgIpc) is 2.73. The van der Waals surface area contributed by atoms with Gasteiger partial charge in [-0.25, -0.2) is 12.8 Å². The number of rotatable bonds is 7. The van der Waals surface area contributed by atoms with Crippen molar-refractivity contribution in [2.75, 3.05) is 10.6 Å². The van der Waals surface area contributed by atoms with Crippen LogP contribution in [0.15, 0.2) is 72.8 Å². The van der Waals surface area contributed by atoms with Gasteiger partial charge in [-0.05, 0) is 49.7 Å². The lowest BCUT2D eigenvalue weighted by molar-refractivity contribution is 0.0940. The first-order chi connectivity index (χ1) is 14.6. The fourth-order valence-corrected chi connectivity index (χ4v) is 4.06. The predicted octanol–water partition coefficient (Wildman–Crippen LogP) is 4.59. The third-order valence-electron chi connectivity index (χ3n) is 5.01. The van der Waals surface area contributed by atoms with Crippen LogP contribution in [0.4, 0.5) is 10.1 Å². The number of carbonyl (C=O) groups is 1. The summed E-state index contributed by atoms with van der Waals surface area (Å²) in [6.07, 6.45) is 1.07. The number of halogens is 1. The van der Waals surface area contributed by atoms with Crippen LogP contribution in [-0.2, 0) is 16.6 Å². The summed E-state index contributed by atoms with van der Waals surface area (Å²) in [4.78, 5) is 12.6. The molecule has 162 valence electrons. The zero-order chi connectivity index (χ0) is 22.6. The van der Waals surface area contributed by atoms with E-state index < -0.39 is 15.8 Å². The van der Waals surface area contributed by atoms with Crippen molar-refractivity contribution < 1.29 is 17.6 Å². The largest absolute Gasteiger partial charge is 0.346 e. The van der Waals surface area contributed by atoms with E-state index >= 15 is 0 Å². The topological polar surface area (TPSA) is 66.5 Å². The van der Waals surface area contributed by atoms with Gasteiger partial charge in [0.05, 0.1) is 24.5 Å². The second kappa shape index (κ2) is 9.31. The molecule has 1 amide bonds. The summed E-state index contributed by atoms with van der Waals surface area (Å²) in [6.45, 7) is 3.76. The van der Waals surface area contributed by atoms with Crippen LogP contribution in [-0.4, -0.2) is 20.6 Å². The molecule has 3 aromatic carbocycles. The minimum atomic E-state index is -3.66. The van der Waals surface area contributed by atoms with E-state index in [1.165, 1.54) is 6.07 Å². The summed E-state index contributed by atoms with van der Waals surface area (Å²) >= 11 is 0. The highest BCUT2D eigenvalue weighted by atomic mass is 32.2. The third kappa shape index (κ3) is 5.70. The van der Waals surface area contributed by atoms with Crippen LogP contribution in [0.25, 0.3) is 0 Å². The minimum absolute atomic E-state index is 0.137. The van der Waals surface area contributed by atoms with Crippen LogP contribution >= 0.6 is 0 Å². The molecule has 0 aliphatic heterocycles. The number of nitrogens with one attached hydrogen (secondary N) is 1. The van der Waals surface area contributed by atoms with Crippen molar-refractivity contribution in [3.8, 4) is 0 Å². The molecule has 0 bridgehead atoms. The lowest BCUT2D eigenvalue weighted by Gasteiger charge is -2.23. The fourth-order valence-electron chi connectivity index (χ4n) is 3.18. The molecule has 3 rings (SSSR count). The van der Waals surface area contributed by atoms with Crippen molar-refractivity contribution in [2.45, 2.75) is 26.4 Å². The van der Waals surface area contributed by atoms with E-state index in [9.17, 15) is 17.6 Å². The number of carbonyl (C=O) groups excluding carboxylic acids is 1. The molecule has 0 heterocycles. The van der Waals surface area contributed by atoms with Gasteiger partial charge in [0, 0.05) is 11.1 Å². The molecule has 5 nitrogen and oxygen atoms in total. The molecule has 31 heavy (non-hydrogen) atoms. The van der Waals surface area contributed by atoms with Gasteiger partial charge in [-0.1, -0.05) is 48.0 Å². The van der Waals surface area contributed by atoms with Crippen LogP contribution in [0.2, 0.25) is 0 Å². The lowest BCUT2D eigenvalue weighted by Crippen LogP contribution is -2.30. The van der Waals surface area contributed by atoms with Crippen molar-refractivity contribution in [1.29, 1.82) is 0 Å². The Labute approximate surface area is 182 Å². The minimum Gasteiger partial charge on any atom is -0.346 e. The molecular formula is C24H25FN2O3S. The monoisotopic (exact) mass is 440 g/mol. The van der Waals surface area contributed by atoms with E-state index in [-0.39, 0.29) is 24.1 Å². The molecule has 0 saturated carbocycles. The number of anilines is 1. The van der Waals surface area contributed by atoms with Gasteiger partial charge in [-0.2, -0.15) is 0 Å². The molecule has 0 fully saturated rings. The number of nitrogens with zero attached hydrogens (tertiary/aromatic N) is 1. The molecule has 1 N–H and O–H groups in total. The quantitative estimate of drug-likeness (QED) is 0.584. The Morgan fingerprint density at radius 1 is 1.00 bits per heavy atom. The van der Waals surface area contributed by atoms with E-state index in [1.54, 1.807) is 42.5 Å². The van der Waals surface area contributed by atoms with Crippen LogP contribution in [0.3, 0.4) is 0 Å². The van der Waals surface area contributed by atoms with Crippen LogP contribution in [0.1, 0.15) is 40.0 Å². The number of hydrogen-bond donors (Lipinski definition) is 1. The Bertz CT molecular complexity index is 1160. The van der Waals surface area contributed by atoms with Crippen LogP contribution < -0.4 is 9.62 Å². The molecule has 0 aliphatic rings. The molecule has 0 aromatic heterocycles. The Balaban J connectivity index is 1.77. The molecular weight excluding hydrogens is 415 g/mol. The third-order valence-corrected chi connectivity index (χ3v) is 6.16. The Morgan fingerprint density at radius 2 is 1.61 bits per heavy atom. The SMILES string of the molecule is Cc1ccc([C@H](C)NC(=O)c2ccc(N(Cc3ccccc3F)S(C)(=O)=O)cc2)cc1. The number of amides is 1. The van der Waals surface area contributed by atoms with E-state index in [0.29, 0.717) is 11.3 Å². The van der Waals surface area contributed by atoms with E-state index in [4.69, 9.17) is 0 Å². The first kappa shape index (κ1) is 22.5. The molecule has 0 unspecified atom stereocenters. The van der Waals surface area contributed by atoms with E-state index in [2.05, 4.69) is 5.32 Å². The second-order valence-electron chi connectivity index (χ2n) is 7.51. The molecule has 0 saturated heterocycles. The molecule has 0 radical (unpaired) electrons. The molecule has 1 atom stereocenters. The van der Waals surface area contributed by atoms with Crippen molar-refractivity contribution in [1.82, 2.24) is 5.32 Å². The van der Waals surface area contributed by atoms with Crippen molar-refractivity contribution in [3.63, 3.8) is 0 Å². The number of sulfonamides is 1. The number of aryl methyl sites for hydroxylation is 1. The predicted molar refractivity (Wildman–Crippen MR) is 121 cm³/mol. The number of hydrogen-bond acceptors (Lipinski definition) is 3.